The van der Waals surface area contributed by atoms with Gasteiger partial charge >= 0.3 is 0 Å². The number of hydrogen-bond acceptors (Lipinski definition) is 2. The summed E-state index contributed by atoms with van der Waals surface area (Å²) in [5.41, 5.74) is 16.7. The van der Waals surface area contributed by atoms with Gasteiger partial charge in [0.25, 0.3) is 11.8 Å². The van der Waals surface area contributed by atoms with Crippen molar-refractivity contribution in [2.75, 3.05) is 22.9 Å². The van der Waals surface area contributed by atoms with Gasteiger partial charge in [-0.1, -0.05) is 254 Å². The number of nitrogens with zero attached hydrogens (tertiary/aromatic N) is 2. The first kappa shape index (κ1) is 68.5. The van der Waals surface area contributed by atoms with E-state index in [4.69, 9.17) is 0 Å². The Kier molecular flexibility index (Phi) is 23.5. The Balaban J connectivity index is 0.903. The Morgan fingerprint density at radius 1 is 0.383 bits per heavy atom. The minimum Gasteiger partial charge on any atom is -0.307 e. The Labute approximate surface area is 563 Å². The molecule has 2 aliphatic carbocycles. The third-order valence-corrected chi connectivity index (χ3v) is 22.7. The van der Waals surface area contributed by atoms with Crippen LogP contribution in [0.2, 0.25) is 0 Å². The van der Waals surface area contributed by atoms with Gasteiger partial charge in [-0.05, 0) is 204 Å². The van der Waals surface area contributed by atoms with Gasteiger partial charge in [0, 0.05) is 34.7 Å². The molecule has 6 heteroatoms. The second kappa shape index (κ2) is 32.2. The summed E-state index contributed by atoms with van der Waals surface area (Å²) in [4.78, 5) is 35.0. The Morgan fingerprint density at radius 2 is 0.734 bits per heavy atom. The Morgan fingerprint density at radius 3 is 1.07 bits per heavy atom. The number of carbonyl (C=O) groups is 2. The van der Waals surface area contributed by atoms with E-state index in [0.717, 1.165) is 190 Å². The molecule has 11 rings (SSSR count). The molecule has 4 aliphatic rings. The molecule has 2 atom stereocenters. The van der Waals surface area contributed by atoms with Crippen LogP contribution < -0.4 is 20.2 Å². The second-order valence-electron chi connectivity index (χ2n) is 28.8. The van der Waals surface area contributed by atoms with Crippen molar-refractivity contribution in [2.24, 2.45) is 23.7 Å². The van der Waals surface area contributed by atoms with Gasteiger partial charge in [0.1, 0.15) is 11.6 Å². The molecule has 2 amide bonds. The maximum atomic E-state index is 16.3. The zero-order valence-electron chi connectivity index (χ0n) is 58.4. The highest BCUT2D eigenvalue weighted by Crippen LogP contribution is 2.43. The number of fused-ring (bicyclic) bond motifs is 2. The summed E-state index contributed by atoms with van der Waals surface area (Å²) in [5, 5.41) is 1.75. The number of hydrogen-bond donors (Lipinski definition) is 0. The van der Waals surface area contributed by atoms with Gasteiger partial charge in [-0.2, -0.15) is 0 Å². The number of anilines is 2. The SMILES string of the molecule is CCCCCC1CCC(c2ccc(-c3ccc(-c4ccc(C5=c6cc7c(cc6N(CC(CC)CCCC)C5=O)=C(c5ccc(-c6ccc(-c8ccc(C9CCC(CCCCC)CC9)cc8F)c(CC)c6)cc5)C(=O)N7CC(CC)CCCC)cc4)cc3CC)c(F)c2)CC1. The van der Waals surface area contributed by atoms with Crippen molar-refractivity contribution in [2.45, 2.75) is 234 Å². The molecular formula is C88H108F2N2O2. The lowest BCUT2D eigenvalue weighted by Crippen LogP contribution is -2.35. The molecule has 7 aromatic rings. The van der Waals surface area contributed by atoms with Crippen molar-refractivity contribution in [3.63, 3.8) is 0 Å². The predicted octanol–water partition coefficient (Wildman–Crippen LogP) is 23.0. The number of aryl methyl sites for hydroxylation is 2. The number of benzene rings is 7. The Bertz CT molecular complexity index is 3610. The van der Waals surface area contributed by atoms with E-state index in [9.17, 15) is 0 Å². The quantitative estimate of drug-likeness (QED) is 0.0421. The lowest BCUT2D eigenvalue weighted by Gasteiger charge is -2.29. The molecular weight excluding hydrogens is 1150 g/mol. The van der Waals surface area contributed by atoms with Crippen molar-refractivity contribution < 1.29 is 18.4 Å². The molecule has 0 spiro atoms. The molecule has 2 fully saturated rings. The summed E-state index contributed by atoms with van der Waals surface area (Å²) in [6.07, 6.45) is 30.0. The molecule has 2 aliphatic heterocycles. The summed E-state index contributed by atoms with van der Waals surface area (Å²) in [7, 11) is 0. The van der Waals surface area contributed by atoms with Crippen molar-refractivity contribution in [1.29, 1.82) is 0 Å². The summed E-state index contributed by atoms with van der Waals surface area (Å²) in [6, 6.07) is 46.2. The van der Waals surface area contributed by atoms with Crippen LogP contribution in [-0.4, -0.2) is 24.9 Å². The lowest BCUT2D eigenvalue weighted by atomic mass is 9.77. The summed E-state index contributed by atoms with van der Waals surface area (Å²) >= 11 is 0. The minimum atomic E-state index is -0.138. The standard InChI is InChI=1S/C88H108F2N2O2/c1-9-17-21-25-61-27-31-65(32-28-61)73-45-49-77(81(89)53-73)75-47-43-71(51-63(75)15-7)67-35-39-69(40-36-67)85-79-55-84-80(56-83(79)91(87(85)93)57-59(13-5)23-19-11-3)86(88(94)92(84)58-60(14-6)24-20-12-4)70-41-37-68(38-42-70)72-44-48-76(64(16-8)52-72)78-50-46-74(54-82(78)90)66-33-29-62(30-34-66)26-22-18-10-2/h35-56,59-62,65-66H,9-34,57-58H2,1-8H3. The number of halogens is 2. The average Bonchev–Trinajstić information content (AvgIpc) is 1.57. The molecule has 94 heavy (non-hydrogen) atoms. The fourth-order valence-corrected chi connectivity index (χ4v) is 16.7. The van der Waals surface area contributed by atoms with Crippen molar-refractivity contribution in [1.82, 2.24) is 0 Å². The van der Waals surface area contributed by atoms with Crippen molar-refractivity contribution >= 4 is 34.3 Å². The van der Waals surface area contributed by atoms with Gasteiger partial charge in [-0.25, -0.2) is 8.78 Å². The number of unbranched alkanes of at least 4 members (excludes halogenated alkanes) is 6. The molecule has 0 bridgehead atoms. The molecule has 2 saturated carbocycles. The molecule has 496 valence electrons. The Hall–Kier alpha value is -6.92. The molecule has 0 aromatic heterocycles. The average molecular weight is 1260 g/mol. The van der Waals surface area contributed by atoms with E-state index in [1.54, 1.807) is 0 Å². The van der Waals surface area contributed by atoms with Crippen LogP contribution >= 0.6 is 0 Å². The van der Waals surface area contributed by atoms with Crippen molar-refractivity contribution in [3.8, 4) is 44.5 Å². The maximum Gasteiger partial charge on any atom is 0.259 e. The maximum absolute atomic E-state index is 16.3. The smallest absolute Gasteiger partial charge is 0.259 e. The first-order valence-corrected chi connectivity index (χ1v) is 37.5. The monoisotopic (exact) mass is 1260 g/mol. The summed E-state index contributed by atoms with van der Waals surface area (Å²) in [5.74, 6) is 2.87. The molecule has 7 aromatic carbocycles. The van der Waals surface area contributed by atoms with Crippen molar-refractivity contribution in [3.05, 3.63) is 189 Å². The number of carbonyl (C=O) groups excluding carboxylic acids is 2. The molecule has 2 unspecified atom stereocenters. The molecule has 2 heterocycles. The summed E-state index contributed by atoms with van der Waals surface area (Å²) in [6.45, 7) is 19.0. The van der Waals surface area contributed by atoms with E-state index < -0.39 is 0 Å². The van der Waals surface area contributed by atoms with E-state index >= 15 is 18.4 Å². The first-order chi connectivity index (χ1) is 45.9. The fourth-order valence-electron chi connectivity index (χ4n) is 16.7. The van der Waals surface area contributed by atoms with Gasteiger partial charge < -0.3 is 9.80 Å². The predicted molar refractivity (Wildman–Crippen MR) is 393 cm³/mol. The molecule has 0 radical (unpaired) electrons. The second-order valence-corrected chi connectivity index (χ2v) is 28.8. The van der Waals surface area contributed by atoms with Crippen LogP contribution in [0.15, 0.2) is 133 Å². The lowest BCUT2D eigenvalue weighted by molar-refractivity contribution is -0.114. The minimum absolute atomic E-state index is 0.00282. The van der Waals surface area contributed by atoms with Crippen LogP contribution in [0.4, 0.5) is 20.2 Å². The van der Waals surface area contributed by atoms with Crippen LogP contribution in [0, 0.1) is 35.3 Å². The highest BCUT2D eigenvalue weighted by molar-refractivity contribution is 6.32. The van der Waals surface area contributed by atoms with Crippen LogP contribution in [0.5, 0.6) is 0 Å². The zero-order chi connectivity index (χ0) is 65.8. The first-order valence-electron chi connectivity index (χ1n) is 37.5. The van der Waals surface area contributed by atoms with Crippen LogP contribution in [-0.2, 0) is 22.4 Å². The third-order valence-electron chi connectivity index (χ3n) is 22.7. The van der Waals surface area contributed by atoms with Gasteiger partial charge in [0.05, 0.1) is 22.5 Å². The van der Waals surface area contributed by atoms with Crippen LogP contribution in [0.25, 0.3) is 55.7 Å². The van der Waals surface area contributed by atoms with Gasteiger partial charge in [-0.15, -0.1) is 0 Å². The summed E-state index contributed by atoms with van der Waals surface area (Å²) < 4.78 is 32.6. The largest absolute Gasteiger partial charge is 0.307 e. The van der Waals surface area contributed by atoms with E-state index in [-0.39, 0.29) is 23.4 Å². The topological polar surface area (TPSA) is 40.6 Å². The van der Waals surface area contributed by atoms with E-state index in [0.29, 0.717) is 59.0 Å². The van der Waals surface area contributed by atoms with Gasteiger partial charge in [-0.3, -0.25) is 9.59 Å². The van der Waals surface area contributed by atoms with E-state index in [2.05, 4.69) is 165 Å². The highest BCUT2D eigenvalue weighted by atomic mass is 19.1. The van der Waals surface area contributed by atoms with E-state index in [1.807, 2.05) is 34.1 Å². The molecule has 0 saturated heterocycles. The van der Waals surface area contributed by atoms with Gasteiger partial charge in [0.15, 0.2) is 0 Å². The number of rotatable bonds is 30. The normalized spacial score (nSPS) is 18.7. The fraction of sp³-hybridized carbons (Fsp3) is 0.477. The van der Waals surface area contributed by atoms with Crippen LogP contribution in [0.1, 0.15) is 255 Å². The van der Waals surface area contributed by atoms with Gasteiger partial charge in [0.2, 0.25) is 0 Å². The van der Waals surface area contributed by atoms with Crippen LogP contribution in [0.3, 0.4) is 0 Å². The number of amides is 2. The molecule has 4 nitrogen and oxygen atoms in total. The zero-order valence-corrected chi connectivity index (χ0v) is 58.4. The third kappa shape index (κ3) is 15.2. The molecule has 0 N–H and O–H groups in total. The van der Waals surface area contributed by atoms with E-state index in [1.165, 1.54) is 77.0 Å². The highest BCUT2D eigenvalue weighted by Gasteiger charge is 2.38.